The third kappa shape index (κ3) is 6.41. The van der Waals surface area contributed by atoms with Gasteiger partial charge in [0.15, 0.2) is 6.10 Å². The summed E-state index contributed by atoms with van der Waals surface area (Å²) in [7, 11) is 0. The summed E-state index contributed by atoms with van der Waals surface area (Å²) in [4.78, 5) is 32.1. The Hall–Kier alpha value is -3.38. The topological polar surface area (TPSA) is 117 Å². The van der Waals surface area contributed by atoms with Gasteiger partial charge in [-0.2, -0.15) is 0 Å². The van der Waals surface area contributed by atoms with E-state index in [9.17, 15) is 9.59 Å². The highest BCUT2D eigenvalue weighted by Gasteiger charge is 2.34. The number of aromatic nitrogens is 1. The van der Waals surface area contributed by atoms with Crippen LogP contribution in [-0.2, 0) is 16.0 Å². The van der Waals surface area contributed by atoms with Gasteiger partial charge < -0.3 is 10.1 Å². The molecular formula is C20H23N5O3. The maximum Gasteiger partial charge on any atom is 0.357 e. The fourth-order valence-corrected chi connectivity index (χ4v) is 2.54. The minimum atomic E-state index is -1.30. The second kappa shape index (κ2) is 9.53. The first-order valence-electron chi connectivity index (χ1n) is 8.82. The Morgan fingerprint density at radius 2 is 1.86 bits per heavy atom. The van der Waals surface area contributed by atoms with Crippen molar-refractivity contribution >= 4 is 11.9 Å². The SMILES string of the molecule is CC(C)(C)NC(=O)C(OC(=O)c1ccccn1)C(Cc1ccccc1)N=[N+]=[N-]. The van der Waals surface area contributed by atoms with Gasteiger partial charge in [0.05, 0.1) is 6.04 Å². The Bertz CT molecular complexity index is 843. The standard InChI is InChI=1S/C20H23N5O3/c1-20(2,3)23-18(26)17(28-19(27)15-11-7-8-12-22-15)16(24-25-21)13-14-9-5-4-6-10-14/h4-12,16-17H,13H2,1-3H3,(H,23,26). The molecule has 8 nitrogen and oxygen atoms in total. The molecule has 2 atom stereocenters. The highest BCUT2D eigenvalue weighted by molar-refractivity contribution is 5.91. The van der Waals surface area contributed by atoms with Crippen molar-refractivity contribution < 1.29 is 14.3 Å². The summed E-state index contributed by atoms with van der Waals surface area (Å²) in [5, 5.41) is 6.52. The number of ether oxygens (including phenoxy) is 1. The quantitative estimate of drug-likeness (QED) is 0.342. The van der Waals surface area contributed by atoms with Crippen molar-refractivity contribution in [1.82, 2.24) is 10.3 Å². The molecule has 0 aliphatic heterocycles. The largest absolute Gasteiger partial charge is 0.447 e. The van der Waals surface area contributed by atoms with Crippen LogP contribution >= 0.6 is 0 Å². The number of nitrogens with one attached hydrogen (secondary N) is 1. The van der Waals surface area contributed by atoms with E-state index in [4.69, 9.17) is 10.3 Å². The highest BCUT2D eigenvalue weighted by Crippen LogP contribution is 2.16. The van der Waals surface area contributed by atoms with Crippen molar-refractivity contribution in [2.24, 2.45) is 5.11 Å². The van der Waals surface area contributed by atoms with Crippen LogP contribution in [0.15, 0.2) is 59.8 Å². The average Bonchev–Trinajstić information content (AvgIpc) is 2.65. The highest BCUT2D eigenvalue weighted by atomic mass is 16.5. The molecule has 0 radical (unpaired) electrons. The van der Waals surface area contributed by atoms with Gasteiger partial charge in [-0.1, -0.05) is 41.5 Å². The molecule has 0 aliphatic carbocycles. The predicted molar refractivity (Wildman–Crippen MR) is 104 cm³/mol. The van der Waals surface area contributed by atoms with Gasteiger partial charge in [-0.25, -0.2) is 9.78 Å². The van der Waals surface area contributed by atoms with E-state index in [1.807, 2.05) is 51.1 Å². The summed E-state index contributed by atoms with van der Waals surface area (Å²) in [6.45, 7) is 5.42. The molecule has 0 spiro atoms. The molecule has 0 fully saturated rings. The zero-order valence-corrected chi connectivity index (χ0v) is 16.1. The van der Waals surface area contributed by atoms with Crippen molar-refractivity contribution in [3.05, 3.63) is 76.4 Å². The summed E-state index contributed by atoms with van der Waals surface area (Å²) < 4.78 is 5.45. The van der Waals surface area contributed by atoms with Crippen LogP contribution in [0, 0.1) is 0 Å². The third-order valence-corrected chi connectivity index (χ3v) is 3.70. The second-order valence-corrected chi connectivity index (χ2v) is 7.24. The van der Waals surface area contributed by atoms with E-state index < -0.39 is 29.6 Å². The summed E-state index contributed by atoms with van der Waals surface area (Å²) in [6, 6.07) is 13.1. The van der Waals surface area contributed by atoms with E-state index in [-0.39, 0.29) is 12.1 Å². The smallest absolute Gasteiger partial charge is 0.357 e. The van der Waals surface area contributed by atoms with Gasteiger partial charge in [-0.3, -0.25) is 4.79 Å². The number of esters is 1. The normalized spacial score (nSPS) is 13.0. The zero-order chi connectivity index (χ0) is 20.6. The summed E-state index contributed by atoms with van der Waals surface area (Å²) in [5.41, 5.74) is 9.36. The lowest BCUT2D eigenvalue weighted by Gasteiger charge is -2.27. The average molecular weight is 381 g/mol. The molecule has 1 N–H and O–H groups in total. The van der Waals surface area contributed by atoms with Crippen LogP contribution in [0.4, 0.5) is 0 Å². The minimum absolute atomic E-state index is 0.0652. The van der Waals surface area contributed by atoms with Gasteiger partial charge in [0.25, 0.3) is 5.91 Å². The molecule has 8 heteroatoms. The second-order valence-electron chi connectivity index (χ2n) is 7.24. The maximum atomic E-state index is 12.8. The predicted octanol–water partition coefficient (Wildman–Crippen LogP) is 3.44. The number of carbonyl (C=O) groups is 2. The molecule has 0 saturated heterocycles. The lowest BCUT2D eigenvalue weighted by molar-refractivity contribution is -0.132. The van der Waals surface area contributed by atoms with Crippen molar-refractivity contribution in [1.29, 1.82) is 0 Å². The summed E-state index contributed by atoms with van der Waals surface area (Å²) >= 11 is 0. The monoisotopic (exact) mass is 381 g/mol. The Morgan fingerprint density at radius 1 is 1.18 bits per heavy atom. The molecule has 2 rings (SSSR count). The molecule has 2 aromatic rings. The number of pyridine rings is 1. The molecule has 28 heavy (non-hydrogen) atoms. The van der Waals surface area contributed by atoms with Crippen LogP contribution in [-0.4, -0.2) is 34.5 Å². The molecule has 2 unspecified atom stereocenters. The molecule has 1 aromatic carbocycles. The zero-order valence-electron chi connectivity index (χ0n) is 16.1. The molecule has 0 saturated carbocycles. The third-order valence-electron chi connectivity index (χ3n) is 3.70. The van der Waals surface area contributed by atoms with Crippen LogP contribution in [0.5, 0.6) is 0 Å². The maximum absolute atomic E-state index is 12.8. The molecule has 0 bridgehead atoms. The van der Waals surface area contributed by atoms with E-state index in [2.05, 4.69) is 20.3 Å². The first kappa shape index (κ1) is 20.9. The van der Waals surface area contributed by atoms with Crippen LogP contribution in [0.25, 0.3) is 10.4 Å². The molecule has 1 aromatic heterocycles. The number of azide groups is 1. The molecule has 0 aliphatic rings. The van der Waals surface area contributed by atoms with E-state index in [0.717, 1.165) is 5.56 Å². The van der Waals surface area contributed by atoms with Gasteiger partial charge in [-0.15, -0.1) is 0 Å². The molecular weight excluding hydrogens is 358 g/mol. The summed E-state index contributed by atoms with van der Waals surface area (Å²) in [5.74, 6) is -1.30. The summed E-state index contributed by atoms with van der Waals surface area (Å²) in [6.07, 6.45) is 0.392. The number of benzene rings is 1. The van der Waals surface area contributed by atoms with Gasteiger partial charge in [-0.05, 0) is 50.4 Å². The molecule has 146 valence electrons. The van der Waals surface area contributed by atoms with Gasteiger partial charge in [0.2, 0.25) is 0 Å². The Morgan fingerprint density at radius 3 is 2.43 bits per heavy atom. The number of amides is 1. The lowest BCUT2D eigenvalue weighted by atomic mass is 10.00. The number of hydrogen-bond donors (Lipinski definition) is 1. The van der Waals surface area contributed by atoms with Crippen molar-refractivity contribution in [3.8, 4) is 0 Å². The van der Waals surface area contributed by atoms with Gasteiger partial charge in [0, 0.05) is 16.6 Å². The van der Waals surface area contributed by atoms with E-state index in [1.165, 1.54) is 12.3 Å². The van der Waals surface area contributed by atoms with E-state index in [0.29, 0.717) is 0 Å². The fourth-order valence-electron chi connectivity index (χ4n) is 2.54. The Balaban J connectivity index is 2.32. The Labute approximate surface area is 163 Å². The Kier molecular flexibility index (Phi) is 7.12. The van der Waals surface area contributed by atoms with E-state index >= 15 is 0 Å². The molecule has 1 heterocycles. The van der Waals surface area contributed by atoms with Crippen molar-refractivity contribution in [2.75, 3.05) is 0 Å². The van der Waals surface area contributed by atoms with Gasteiger partial charge >= 0.3 is 5.97 Å². The van der Waals surface area contributed by atoms with Crippen LogP contribution in [0.1, 0.15) is 36.8 Å². The number of hydrogen-bond acceptors (Lipinski definition) is 5. The van der Waals surface area contributed by atoms with Gasteiger partial charge in [0.1, 0.15) is 5.69 Å². The number of rotatable bonds is 7. The van der Waals surface area contributed by atoms with Crippen LogP contribution in [0.2, 0.25) is 0 Å². The first-order chi connectivity index (χ1) is 13.3. The number of carbonyl (C=O) groups excluding carboxylic acids is 2. The van der Waals surface area contributed by atoms with Crippen molar-refractivity contribution in [2.45, 2.75) is 44.9 Å². The minimum Gasteiger partial charge on any atom is -0.447 e. The van der Waals surface area contributed by atoms with Crippen molar-refractivity contribution in [3.63, 3.8) is 0 Å². The lowest BCUT2D eigenvalue weighted by Crippen LogP contribution is -2.51. The van der Waals surface area contributed by atoms with Crippen LogP contribution < -0.4 is 5.32 Å². The molecule has 1 amide bonds. The fraction of sp³-hybridized carbons (Fsp3) is 0.350. The number of nitrogens with zero attached hydrogens (tertiary/aromatic N) is 4. The first-order valence-corrected chi connectivity index (χ1v) is 8.82. The van der Waals surface area contributed by atoms with Crippen LogP contribution in [0.3, 0.4) is 0 Å². The van der Waals surface area contributed by atoms with E-state index in [1.54, 1.807) is 12.1 Å².